The molecule has 0 saturated carbocycles. The van der Waals surface area contributed by atoms with E-state index >= 15 is 0 Å². The molecule has 84 valence electrons. The first-order valence-electron chi connectivity index (χ1n) is 5.30. The van der Waals surface area contributed by atoms with E-state index in [4.69, 9.17) is 9.47 Å². The minimum atomic E-state index is 0. The summed E-state index contributed by atoms with van der Waals surface area (Å²) in [7, 11) is 0. The van der Waals surface area contributed by atoms with E-state index in [1.807, 2.05) is 0 Å². The van der Waals surface area contributed by atoms with E-state index in [2.05, 4.69) is 20.8 Å². The molecule has 0 aliphatic carbocycles. The van der Waals surface area contributed by atoms with Crippen LogP contribution in [-0.2, 0) is 9.47 Å². The number of hydrogen-bond acceptors (Lipinski definition) is 2. The molecule has 3 atom stereocenters. The molecule has 2 fully saturated rings. The molecule has 0 radical (unpaired) electrons. The monoisotopic (exact) mass is 200 g/mol. The fraction of sp³-hybridized carbons (Fsp3) is 1.00. The van der Waals surface area contributed by atoms with E-state index in [9.17, 15) is 0 Å². The minimum Gasteiger partial charge on any atom is -0.352 e. The Morgan fingerprint density at radius 2 is 1.86 bits per heavy atom. The van der Waals surface area contributed by atoms with Crippen LogP contribution in [0.25, 0.3) is 0 Å². The average Bonchev–Trinajstić information content (AvgIpc) is 2.47. The first-order chi connectivity index (χ1) is 6.07. The second-order valence-electron chi connectivity index (χ2n) is 5.42. The van der Waals surface area contributed by atoms with Gasteiger partial charge in [-0.15, -0.1) is 0 Å². The lowest BCUT2D eigenvalue weighted by molar-refractivity contribution is -0.177. The lowest BCUT2D eigenvalue weighted by atomic mass is 9.74. The molecular weight excluding hydrogens is 176 g/mol. The van der Waals surface area contributed by atoms with Crippen LogP contribution in [0, 0.1) is 17.3 Å². The molecule has 0 aromatic carbocycles. The Kier molecular flexibility index (Phi) is 3.59. The van der Waals surface area contributed by atoms with E-state index in [0.717, 1.165) is 13.2 Å². The normalized spacial score (nSPS) is 37.5. The van der Waals surface area contributed by atoms with Gasteiger partial charge in [-0.3, -0.25) is 0 Å². The Labute approximate surface area is 88.0 Å². The second-order valence-corrected chi connectivity index (χ2v) is 5.42. The SMILES string of the molecule is C.CC(C)(C)C1COC2OCCC2C1. The Morgan fingerprint density at radius 1 is 1.14 bits per heavy atom. The molecule has 0 N–H and O–H groups in total. The maximum atomic E-state index is 5.72. The van der Waals surface area contributed by atoms with E-state index in [1.165, 1.54) is 12.8 Å². The summed E-state index contributed by atoms with van der Waals surface area (Å²) < 4.78 is 11.2. The molecule has 2 aliphatic rings. The lowest BCUT2D eigenvalue weighted by Crippen LogP contribution is -2.37. The van der Waals surface area contributed by atoms with Crippen molar-refractivity contribution in [2.45, 2.75) is 47.3 Å². The van der Waals surface area contributed by atoms with Gasteiger partial charge in [0.15, 0.2) is 6.29 Å². The summed E-state index contributed by atoms with van der Waals surface area (Å²) in [6.07, 6.45) is 2.60. The summed E-state index contributed by atoms with van der Waals surface area (Å²) in [4.78, 5) is 0. The molecule has 2 rings (SSSR count). The number of fused-ring (bicyclic) bond motifs is 1. The van der Waals surface area contributed by atoms with Crippen LogP contribution in [0.5, 0.6) is 0 Å². The van der Waals surface area contributed by atoms with Gasteiger partial charge in [0.1, 0.15) is 0 Å². The number of rotatable bonds is 0. The van der Waals surface area contributed by atoms with Crippen LogP contribution in [-0.4, -0.2) is 19.5 Å². The van der Waals surface area contributed by atoms with Gasteiger partial charge in [-0.25, -0.2) is 0 Å². The summed E-state index contributed by atoms with van der Waals surface area (Å²) >= 11 is 0. The Morgan fingerprint density at radius 3 is 2.50 bits per heavy atom. The summed E-state index contributed by atoms with van der Waals surface area (Å²) in [5, 5.41) is 0. The van der Waals surface area contributed by atoms with Crippen LogP contribution in [0.15, 0.2) is 0 Å². The molecule has 0 aromatic heterocycles. The Hall–Kier alpha value is -0.0800. The van der Waals surface area contributed by atoms with Gasteiger partial charge in [-0.05, 0) is 24.2 Å². The zero-order chi connectivity index (χ0) is 9.47. The molecule has 0 amide bonds. The van der Waals surface area contributed by atoms with Gasteiger partial charge < -0.3 is 9.47 Å². The lowest BCUT2D eigenvalue weighted by Gasteiger charge is -2.38. The largest absolute Gasteiger partial charge is 0.352 e. The molecule has 0 spiro atoms. The second kappa shape index (κ2) is 4.19. The first kappa shape index (κ1) is 12.0. The van der Waals surface area contributed by atoms with E-state index < -0.39 is 0 Å². The van der Waals surface area contributed by atoms with Gasteiger partial charge in [0.25, 0.3) is 0 Å². The van der Waals surface area contributed by atoms with Crippen molar-refractivity contribution in [1.82, 2.24) is 0 Å². The maximum Gasteiger partial charge on any atom is 0.160 e. The third-order valence-corrected chi connectivity index (χ3v) is 3.43. The highest BCUT2D eigenvalue weighted by molar-refractivity contribution is 4.83. The number of ether oxygens (including phenoxy) is 2. The van der Waals surface area contributed by atoms with Crippen LogP contribution < -0.4 is 0 Å². The van der Waals surface area contributed by atoms with Gasteiger partial charge in [0.05, 0.1) is 13.2 Å². The zero-order valence-corrected chi connectivity index (χ0v) is 8.88. The molecule has 2 aliphatic heterocycles. The zero-order valence-electron chi connectivity index (χ0n) is 8.88. The third kappa shape index (κ3) is 2.29. The summed E-state index contributed by atoms with van der Waals surface area (Å²) in [5.41, 5.74) is 0.383. The molecule has 2 saturated heterocycles. The standard InChI is InChI=1S/C11H20O2.CH4/c1-11(2,3)9-6-8-4-5-12-10(8)13-7-9;/h8-10H,4-7H2,1-3H3;1H4. The molecule has 2 nitrogen and oxygen atoms in total. The van der Waals surface area contributed by atoms with Crippen molar-refractivity contribution in [1.29, 1.82) is 0 Å². The van der Waals surface area contributed by atoms with E-state index in [1.54, 1.807) is 0 Å². The first-order valence-corrected chi connectivity index (χ1v) is 5.30. The fourth-order valence-corrected chi connectivity index (χ4v) is 2.27. The van der Waals surface area contributed by atoms with Gasteiger partial charge in [-0.1, -0.05) is 28.2 Å². The number of hydrogen-bond donors (Lipinski definition) is 0. The van der Waals surface area contributed by atoms with E-state index in [0.29, 0.717) is 17.3 Å². The van der Waals surface area contributed by atoms with Gasteiger partial charge in [-0.2, -0.15) is 0 Å². The van der Waals surface area contributed by atoms with Crippen molar-refractivity contribution < 1.29 is 9.47 Å². The molecule has 2 heterocycles. The summed E-state index contributed by atoms with van der Waals surface area (Å²) in [6, 6.07) is 0. The average molecular weight is 200 g/mol. The topological polar surface area (TPSA) is 18.5 Å². The molecular formula is C12H24O2. The van der Waals surface area contributed by atoms with Crippen molar-refractivity contribution in [2.75, 3.05) is 13.2 Å². The quantitative estimate of drug-likeness (QED) is 0.598. The summed E-state index contributed by atoms with van der Waals surface area (Å²) in [5.74, 6) is 1.37. The Bertz CT molecular complexity index is 183. The molecule has 3 unspecified atom stereocenters. The predicted octanol–water partition coefficient (Wildman–Crippen LogP) is 3.07. The van der Waals surface area contributed by atoms with Gasteiger partial charge in [0.2, 0.25) is 0 Å². The minimum absolute atomic E-state index is 0. The fourth-order valence-electron chi connectivity index (χ4n) is 2.27. The Balaban J connectivity index is 0.000000980. The van der Waals surface area contributed by atoms with Crippen LogP contribution in [0.3, 0.4) is 0 Å². The van der Waals surface area contributed by atoms with E-state index in [-0.39, 0.29) is 13.7 Å². The van der Waals surface area contributed by atoms with Crippen LogP contribution in [0.4, 0.5) is 0 Å². The molecule has 0 bridgehead atoms. The van der Waals surface area contributed by atoms with Crippen molar-refractivity contribution in [3.8, 4) is 0 Å². The highest BCUT2D eigenvalue weighted by Gasteiger charge is 2.39. The molecule has 0 aromatic rings. The van der Waals surface area contributed by atoms with Crippen molar-refractivity contribution >= 4 is 0 Å². The molecule has 14 heavy (non-hydrogen) atoms. The van der Waals surface area contributed by atoms with Gasteiger partial charge >= 0.3 is 0 Å². The van der Waals surface area contributed by atoms with Crippen molar-refractivity contribution in [3.63, 3.8) is 0 Å². The third-order valence-electron chi connectivity index (χ3n) is 3.43. The van der Waals surface area contributed by atoms with Gasteiger partial charge in [0, 0.05) is 5.92 Å². The highest BCUT2D eigenvalue weighted by atomic mass is 16.7. The predicted molar refractivity (Wildman–Crippen MR) is 58.1 cm³/mol. The summed E-state index contributed by atoms with van der Waals surface area (Å²) in [6.45, 7) is 8.68. The van der Waals surface area contributed by atoms with Crippen molar-refractivity contribution in [3.05, 3.63) is 0 Å². The van der Waals surface area contributed by atoms with Crippen molar-refractivity contribution in [2.24, 2.45) is 17.3 Å². The molecule has 2 heteroatoms. The maximum absolute atomic E-state index is 5.72. The smallest absolute Gasteiger partial charge is 0.160 e. The van der Waals surface area contributed by atoms with Crippen LogP contribution in [0.2, 0.25) is 0 Å². The van der Waals surface area contributed by atoms with Crippen LogP contribution >= 0.6 is 0 Å². The van der Waals surface area contributed by atoms with Crippen LogP contribution in [0.1, 0.15) is 41.0 Å². The highest BCUT2D eigenvalue weighted by Crippen LogP contribution is 2.40.